The number of anilines is 1. The molecule has 0 saturated carbocycles. The summed E-state index contributed by atoms with van der Waals surface area (Å²) in [7, 11) is 3.55. The van der Waals surface area contributed by atoms with Gasteiger partial charge in [0.05, 0.1) is 7.11 Å². The summed E-state index contributed by atoms with van der Waals surface area (Å²) >= 11 is 0. The molecule has 0 aliphatic rings. The van der Waals surface area contributed by atoms with Gasteiger partial charge in [0.25, 0.3) is 0 Å². The first kappa shape index (κ1) is 14.1. The zero-order chi connectivity index (χ0) is 13.5. The number of nitrogen functional groups attached to an aromatic ring is 1. The molecule has 2 N–H and O–H groups in total. The van der Waals surface area contributed by atoms with E-state index in [1.807, 2.05) is 44.6 Å². The van der Waals surface area contributed by atoms with Gasteiger partial charge in [-0.05, 0) is 31.1 Å². The van der Waals surface area contributed by atoms with E-state index in [1.54, 1.807) is 12.1 Å². The topological polar surface area (TPSA) is 50.8 Å². The smallest absolute Gasteiger partial charge is 0.128 e. The lowest BCUT2D eigenvalue weighted by Gasteiger charge is -2.12. The number of allylic oxidation sites excluding steroid dienone is 1. The SMILES string of the molecule is CC/C=N/N(C)/C=C(\C)c1ccc(N)cc1OC. The maximum Gasteiger partial charge on any atom is 0.128 e. The van der Waals surface area contributed by atoms with Crippen LogP contribution >= 0.6 is 0 Å². The van der Waals surface area contributed by atoms with E-state index in [0.717, 1.165) is 23.3 Å². The average molecular weight is 247 g/mol. The van der Waals surface area contributed by atoms with E-state index < -0.39 is 0 Å². The van der Waals surface area contributed by atoms with Crippen molar-refractivity contribution in [3.63, 3.8) is 0 Å². The van der Waals surface area contributed by atoms with Crippen molar-refractivity contribution < 1.29 is 4.74 Å². The molecule has 0 radical (unpaired) electrons. The molecule has 0 saturated heterocycles. The molecule has 0 aromatic heterocycles. The molecular formula is C14H21N3O. The van der Waals surface area contributed by atoms with E-state index in [2.05, 4.69) is 12.0 Å². The third-order valence-electron chi connectivity index (χ3n) is 2.48. The van der Waals surface area contributed by atoms with Crippen LogP contribution in [-0.4, -0.2) is 25.4 Å². The van der Waals surface area contributed by atoms with Crippen molar-refractivity contribution >= 4 is 17.5 Å². The Morgan fingerprint density at radius 2 is 2.22 bits per heavy atom. The predicted octanol–water partition coefficient (Wildman–Crippen LogP) is 2.97. The van der Waals surface area contributed by atoms with Gasteiger partial charge in [-0.25, -0.2) is 0 Å². The predicted molar refractivity (Wildman–Crippen MR) is 77.6 cm³/mol. The molecule has 4 nitrogen and oxygen atoms in total. The second-order valence-electron chi connectivity index (χ2n) is 4.05. The molecule has 1 aromatic carbocycles. The Kier molecular flexibility index (Phi) is 5.24. The maximum absolute atomic E-state index is 5.74. The summed E-state index contributed by atoms with van der Waals surface area (Å²) in [5, 5.41) is 6.03. The summed E-state index contributed by atoms with van der Waals surface area (Å²) in [6, 6.07) is 5.64. The van der Waals surface area contributed by atoms with Crippen LogP contribution in [-0.2, 0) is 0 Å². The number of benzene rings is 1. The Labute approximate surface area is 109 Å². The quantitative estimate of drug-likeness (QED) is 0.494. The highest BCUT2D eigenvalue weighted by Gasteiger charge is 2.05. The summed E-state index contributed by atoms with van der Waals surface area (Å²) in [6.07, 6.45) is 4.74. The van der Waals surface area contributed by atoms with Crippen LogP contribution in [0.5, 0.6) is 5.75 Å². The number of hydrogen-bond donors (Lipinski definition) is 1. The molecule has 1 rings (SSSR count). The lowest BCUT2D eigenvalue weighted by molar-refractivity contribution is 0.413. The molecule has 0 atom stereocenters. The summed E-state index contributed by atoms with van der Waals surface area (Å²) < 4.78 is 5.33. The molecule has 0 bridgehead atoms. The molecule has 0 fully saturated rings. The second-order valence-corrected chi connectivity index (χ2v) is 4.05. The Hall–Kier alpha value is -1.97. The largest absolute Gasteiger partial charge is 0.496 e. The number of methoxy groups -OCH3 is 1. The fraction of sp³-hybridized carbons (Fsp3) is 0.357. The van der Waals surface area contributed by atoms with Crippen LogP contribution in [0.15, 0.2) is 29.5 Å². The lowest BCUT2D eigenvalue weighted by atomic mass is 10.1. The molecular weight excluding hydrogens is 226 g/mol. The van der Waals surface area contributed by atoms with Gasteiger partial charge >= 0.3 is 0 Å². The van der Waals surface area contributed by atoms with E-state index in [1.165, 1.54) is 0 Å². The average Bonchev–Trinajstić information content (AvgIpc) is 2.35. The molecule has 0 heterocycles. The molecule has 0 spiro atoms. The third-order valence-corrected chi connectivity index (χ3v) is 2.48. The van der Waals surface area contributed by atoms with Crippen molar-refractivity contribution in [2.75, 3.05) is 19.9 Å². The summed E-state index contributed by atoms with van der Waals surface area (Å²) in [6.45, 7) is 4.07. The van der Waals surface area contributed by atoms with Crippen LogP contribution in [0, 0.1) is 0 Å². The highest BCUT2D eigenvalue weighted by Crippen LogP contribution is 2.28. The van der Waals surface area contributed by atoms with E-state index in [0.29, 0.717) is 5.69 Å². The summed E-state index contributed by atoms with van der Waals surface area (Å²) in [4.78, 5) is 0. The van der Waals surface area contributed by atoms with Crippen LogP contribution in [0.25, 0.3) is 5.57 Å². The molecule has 0 aliphatic heterocycles. The van der Waals surface area contributed by atoms with Gasteiger partial charge in [-0.2, -0.15) is 5.10 Å². The van der Waals surface area contributed by atoms with Crippen LogP contribution in [0.3, 0.4) is 0 Å². The minimum atomic E-state index is 0.695. The van der Waals surface area contributed by atoms with Gasteiger partial charge in [0, 0.05) is 36.8 Å². The van der Waals surface area contributed by atoms with Crippen molar-refractivity contribution in [1.82, 2.24) is 5.01 Å². The minimum absolute atomic E-state index is 0.695. The number of rotatable bonds is 5. The Balaban J connectivity index is 2.99. The first-order valence-electron chi connectivity index (χ1n) is 5.96. The molecule has 98 valence electrons. The molecule has 0 aliphatic carbocycles. The van der Waals surface area contributed by atoms with Gasteiger partial charge in [0.1, 0.15) is 5.75 Å². The number of ether oxygens (including phenoxy) is 1. The highest BCUT2D eigenvalue weighted by atomic mass is 16.5. The zero-order valence-corrected chi connectivity index (χ0v) is 11.5. The van der Waals surface area contributed by atoms with Crippen molar-refractivity contribution in [2.45, 2.75) is 20.3 Å². The third kappa shape index (κ3) is 3.80. The molecule has 4 heteroatoms. The van der Waals surface area contributed by atoms with E-state index in [9.17, 15) is 0 Å². The standard InChI is InChI=1S/C14H21N3O/c1-5-8-16-17(3)10-11(2)13-7-6-12(15)9-14(13)18-4/h6-10H,5,15H2,1-4H3/b11-10+,16-8+. The normalized spacial score (nSPS) is 11.9. The maximum atomic E-state index is 5.74. The molecule has 1 aromatic rings. The van der Waals surface area contributed by atoms with Gasteiger partial charge in [0.2, 0.25) is 0 Å². The number of hydrogen-bond acceptors (Lipinski definition) is 4. The van der Waals surface area contributed by atoms with Gasteiger partial charge < -0.3 is 10.5 Å². The van der Waals surface area contributed by atoms with Gasteiger partial charge in [-0.1, -0.05) is 6.92 Å². The minimum Gasteiger partial charge on any atom is -0.496 e. The second kappa shape index (κ2) is 6.69. The van der Waals surface area contributed by atoms with Crippen LogP contribution in [0.1, 0.15) is 25.8 Å². The molecule has 18 heavy (non-hydrogen) atoms. The van der Waals surface area contributed by atoms with Crippen molar-refractivity contribution in [3.05, 3.63) is 30.0 Å². The first-order valence-corrected chi connectivity index (χ1v) is 5.96. The van der Waals surface area contributed by atoms with Crippen LogP contribution < -0.4 is 10.5 Å². The monoisotopic (exact) mass is 247 g/mol. The Morgan fingerprint density at radius 1 is 1.50 bits per heavy atom. The summed E-state index contributed by atoms with van der Waals surface area (Å²) in [5.41, 5.74) is 8.52. The van der Waals surface area contributed by atoms with Crippen molar-refractivity contribution in [1.29, 1.82) is 0 Å². The fourth-order valence-corrected chi connectivity index (χ4v) is 1.63. The van der Waals surface area contributed by atoms with E-state index in [4.69, 9.17) is 10.5 Å². The number of nitrogens with two attached hydrogens (primary N) is 1. The number of hydrazone groups is 1. The molecule has 0 amide bonds. The Bertz CT molecular complexity index is 452. The summed E-state index contributed by atoms with van der Waals surface area (Å²) in [5.74, 6) is 0.775. The number of nitrogens with zero attached hydrogens (tertiary/aromatic N) is 2. The van der Waals surface area contributed by atoms with Crippen LogP contribution in [0.2, 0.25) is 0 Å². The first-order chi connectivity index (χ1) is 8.58. The van der Waals surface area contributed by atoms with Gasteiger partial charge in [-0.15, -0.1) is 0 Å². The van der Waals surface area contributed by atoms with Gasteiger partial charge in [0.15, 0.2) is 0 Å². The fourth-order valence-electron chi connectivity index (χ4n) is 1.63. The van der Waals surface area contributed by atoms with Crippen LogP contribution in [0.4, 0.5) is 5.69 Å². The lowest BCUT2D eigenvalue weighted by Crippen LogP contribution is -2.03. The van der Waals surface area contributed by atoms with E-state index in [-0.39, 0.29) is 0 Å². The van der Waals surface area contributed by atoms with Crippen molar-refractivity contribution in [3.8, 4) is 5.75 Å². The van der Waals surface area contributed by atoms with Gasteiger partial charge in [-0.3, -0.25) is 5.01 Å². The van der Waals surface area contributed by atoms with Crippen molar-refractivity contribution in [2.24, 2.45) is 5.10 Å². The Morgan fingerprint density at radius 3 is 2.83 bits per heavy atom. The van der Waals surface area contributed by atoms with E-state index >= 15 is 0 Å². The molecule has 0 unspecified atom stereocenters. The highest BCUT2D eigenvalue weighted by molar-refractivity contribution is 5.71. The zero-order valence-electron chi connectivity index (χ0n) is 11.5.